The van der Waals surface area contributed by atoms with E-state index in [1.807, 2.05) is 25.1 Å². The van der Waals surface area contributed by atoms with Crippen LogP contribution in [0.4, 0.5) is 0 Å². The quantitative estimate of drug-likeness (QED) is 0.706. The van der Waals surface area contributed by atoms with E-state index in [0.29, 0.717) is 12.8 Å². The minimum atomic E-state index is 0.0626. The number of carbonyl (C=O) groups excluding carboxylic acids is 1. The molecule has 0 aliphatic carbocycles. The lowest BCUT2D eigenvalue weighted by atomic mass is 10.0. The van der Waals surface area contributed by atoms with E-state index < -0.39 is 0 Å². The highest BCUT2D eigenvalue weighted by Crippen LogP contribution is 2.10. The zero-order valence-electron chi connectivity index (χ0n) is 10.1. The first-order valence-electron chi connectivity index (χ1n) is 5.84. The molecule has 0 spiro atoms. The van der Waals surface area contributed by atoms with Crippen molar-refractivity contribution in [2.75, 3.05) is 7.11 Å². The molecule has 0 N–H and O–H groups in total. The lowest BCUT2D eigenvalue weighted by Gasteiger charge is -2.13. The summed E-state index contributed by atoms with van der Waals surface area (Å²) >= 11 is 0. The molecule has 1 rings (SSSR count). The maximum atomic E-state index is 11.3. The van der Waals surface area contributed by atoms with Crippen LogP contribution in [0.2, 0.25) is 0 Å². The molecule has 1 aromatic carbocycles. The van der Waals surface area contributed by atoms with E-state index in [9.17, 15) is 4.79 Å². The van der Waals surface area contributed by atoms with Crippen LogP contribution in [0.5, 0.6) is 0 Å². The van der Waals surface area contributed by atoms with Gasteiger partial charge in [0.2, 0.25) is 0 Å². The Bertz CT molecular complexity index is 306. The molecular weight excluding hydrogens is 200 g/mol. The molecule has 0 saturated carbocycles. The van der Waals surface area contributed by atoms with E-state index in [1.54, 1.807) is 7.11 Å². The number of ether oxygens (including phenoxy) is 1. The molecule has 0 aliphatic heterocycles. The molecule has 0 bridgehead atoms. The fourth-order valence-corrected chi connectivity index (χ4v) is 1.67. The molecule has 1 atom stereocenters. The number of hydrogen-bond acceptors (Lipinski definition) is 2. The average Bonchev–Trinajstić information content (AvgIpc) is 2.35. The largest absolute Gasteiger partial charge is 0.381 e. The van der Waals surface area contributed by atoms with Crippen LogP contribution in [0, 0.1) is 0 Å². The van der Waals surface area contributed by atoms with Crippen LogP contribution >= 0.6 is 0 Å². The number of Topliss-reactive ketones (excluding diaryl/α,β-unsaturated/α-hetero) is 1. The van der Waals surface area contributed by atoms with Crippen LogP contribution in [0.1, 0.15) is 31.7 Å². The third-order valence-electron chi connectivity index (χ3n) is 2.78. The number of hydrogen-bond donors (Lipinski definition) is 0. The summed E-state index contributed by atoms with van der Waals surface area (Å²) in [7, 11) is 1.68. The Morgan fingerprint density at radius 2 is 2.00 bits per heavy atom. The Labute approximate surface area is 97.6 Å². The van der Waals surface area contributed by atoms with Crippen LogP contribution in [0.15, 0.2) is 30.3 Å². The predicted molar refractivity (Wildman–Crippen MR) is 65.5 cm³/mol. The summed E-state index contributed by atoms with van der Waals surface area (Å²) in [6.07, 6.45) is 3.08. The lowest BCUT2D eigenvalue weighted by Crippen LogP contribution is -2.16. The Morgan fingerprint density at radius 3 is 2.56 bits per heavy atom. The highest BCUT2D eigenvalue weighted by Gasteiger charge is 2.11. The summed E-state index contributed by atoms with van der Waals surface area (Å²) in [4.78, 5) is 11.3. The van der Waals surface area contributed by atoms with E-state index in [0.717, 1.165) is 12.8 Å². The van der Waals surface area contributed by atoms with E-state index in [2.05, 4.69) is 12.1 Å². The zero-order valence-corrected chi connectivity index (χ0v) is 10.1. The molecule has 1 aromatic rings. The van der Waals surface area contributed by atoms with Crippen molar-refractivity contribution >= 4 is 5.78 Å². The number of benzene rings is 1. The molecule has 0 heterocycles. The summed E-state index contributed by atoms with van der Waals surface area (Å²) in [5.74, 6) is 0.278. The van der Waals surface area contributed by atoms with Crippen molar-refractivity contribution in [1.29, 1.82) is 0 Å². The van der Waals surface area contributed by atoms with Gasteiger partial charge < -0.3 is 4.74 Å². The molecule has 0 amide bonds. The first-order chi connectivity index (χ1) is 7.76. The van der Waals surface area contributed by atoms with Gasteiger partial charge in [0, 0.05) is 20.0 Å². The molecule has 2 nitrogen and oxygen atoms in total. The molecular formula is C14H20O2. The van der Waals surface area contributed by atoms with Gasteiger partial charge in [-0.1, -0.05) is 37.3 Å². The number of methoxy groups -OCH3 is 1. The minimum Gasteiger partial charge on any atom is -0.381 e. The van der Waals surface area contributed by atoms with Crippen LogP contribution in [0.3, 0.4) is 0 Å². The normalized spacial score (nSPS) is 12.4. The van der Waals surface area contributed by atoms with Crippen LogP contribution < -0.4 is 0 Å². The van der Waals surface area contributed by atoms with Gasteiger partial charge in [-0.15, -0.1) is 0 Å². The monoisotopic (exact) mass is 220 g/mol. The van der Waals surface area contributed by atoms with Gasteiger partial charge in [0.25, 0.3) is 0 Å². The lowest BCUT2D eigenvalue weighted by molar-refractivity contribution is -0.121. The Kier molecular flexibility index (Phi) is 5.79. The van der Waals surface area contributed by atoms with Gasteiger partial charge in [-0.3, -0.25) is 4.79 Å². The molecule has 1 unspecified atom stereocenters. The minimum absolute atomic E-state index is 0.0626. The number of ketones is 1. The SMILES string of the molecule is CCC(=O)CC(CCc1ccccc1)OC. The fraction of sp³-hybridized carbons (Fsp3) is 0.500. The predicted octanol–water partition coefficient (Wildman–Crippen LogP) is 3.00. The second-order valence-corrected chi connectivity index (χ2v) is 3.98. The van der Waals surface area contributed by atoms with Crippen molar-refractivity contribution in [3.05, 3.63) is 35.9 Å². The molecule has 88 valence electrons. The van der Waals surface area contributed by atoms with E-state index in [1.165, 1.54) is 5.56 Å². The topological polar surface area (TPSA) is 26.3 Å². The molecule has 0 fully saturated rings. The first kappa shape index (κ1) is 12.9. The standard InChI is InChI=1S/C14H20O2/c1-3-13(15)11-14(16-2)10-9-12-7-5-4-6-8-12/h4-8,14H,3,9-11H2,1-2H3. The molecule has 0 aliphatic rings. The third-order valence-corrected chi connectivity index (χ3v) is 2.78. The van der Waals surface area contributed by atoms with Crippen molar-refractivity contribution in [3.63, 3.8) is 0 Å². The number of aryl methyl sites for hydroxylation is 1. The molecule has 0 aromatic heterocycles. The fourth-order valence-electron chi connectivity index (χ4n) is 1.67. The Morgan fingerprint density at radius 1 is 1.31 bits per heavy atom. The zero-order chi connectivity index (χ0) is 11.8. The first-order valence-corrected chi connectivity index (χ1v) is 5.84. The molecule has 0 saturated heterocycles. The van der Waals surface area contributed by atoms with Gasteiger partial charge in [0.1, 0.15) is 5.78 Å². The highest BCUT2D eigenvalue weighted by atomic mass is 16.5. The van der Waals surface area contributed by atoms with Gasteiger partial charge in [0.05, 0.1) is 6.10 Å². The number of carbonyl (C=O) groups is 1. The van der Waals surface area contributed by atoms with Crippen molar-refractivity contribution < 1.29 is 9.53 Å². The van der Waals surface area contributed by atoms with Crippen LogP contribution in [0.25, 0.3) is 0 Å². The van der Waals surface area contributed by atoms with Crippen LogP contribution in [-0.2, 0) is 16.0 Å². The smallest absolute Gasteiger partial charge is 0.135 e. The Hall–Kier alpha value is -1.15. The van der Waals surface area contributed by atoms with Gasteiger partial charge in [-0.05, 0) is 18.4 Å². The van der Waals surface area contributed by atoms with Crippen LogP contribution in [-0.4, -0.2) is 19.0 Å². The Balaban J connectivity index is 2.37. The third kappa shape index (κ3) is 4.58. The summed E-state index contributed by atoms with van der Waals surface area (Å²) in [5.41, 5.74) is 1.30. The second-order valence-electron chi connectivity index (χ2n) is 3.98. The van der Waals surface area contributed by atoms with Crippen molar-refractivity contribution in [2.24, 2.45) is 0 Å². The van der Waals surface area contributed by atoms with Gasteiger partial charge in [-0.25, -0.2) is 0 Å². The molecule has 2 heteroatoms. The van der Waals surface area contributed by atoms with E-state index in [-0.39, 0.29) is 11.9 Å². The maximum absolute atomic E-state index is 11.3. The van der Waals surface area contributed by atoms with Crippen molar-refractivity contribution in [2.45, 2.75) is 38.7 Å². The van der Waals surface area contributed by atoms with Gasteiger partial charge >= 0.3 is 0 Å². The van der Waals surface area contributed by atoms with E-state index >= 15 is 0 Å². The maximum Gasteiger partial charge on any atom is 0.135 e. The van der Waals surface area contributed by atoms with Gasteiger partial charge in [-0.2, -0.15) is 0 Å². The second kappa shape index (κ2) is 7.18. The average molecular weight is 220 g/mol. The summed E-state index contributed by atoms with van der Waals surface area (Å²) < 4.78 is 5.32. The number of rotatable bonds is 7. The molecule has 0 radical (unpaired) electrons. The molecule has 16 heavy (non-hydrogen) atoms. The van der Waals surface area contributed by atoms with Crippen molar-refractivity contribution in [3.8, 4) is 0 Å². The van der Waals surface area contributed by atoms with Crippen molar-refractivity contribution in [1.82, 2.24) is 0 Å². The van der Waals surface area contributed by atoms with E-state index in [4.69, 9.17) is 4.74 Å². The van der Waals surface area contributed by atoms with Gasteiger partial charge in [0.15, 0.2) is 0 Å². The highest BCUT2D eigenvalue weighted by molar-refractivity contribution is 5.78. The summed E-state index contributed by atoms with van der Waals surface area (Å²) in [6.45, 7) is 1.90. The summed E-state index contributed by atoms with van der Waals surface area (Å²) in [5, 5.41) is 0. The summed E-state index contributed by atoms with van der Waals surface area (Å²) in [6, 6.07) is 10.3.